The number of nitrogens with zero attached hydrogens (tertiary/aromatic N) is 1. The van der Waals surface area contributed by atoms with E-state index in [1.807, 2.05) is 18.2 Å². The van der Waals surface area contributed by atoms with Crippen molar-refractivity contribution >= 4 is 19.7 Å². The Morgan fingerprint density at radius 3 is 2.10 bits per heavy atom. The van der Waals surface area contributed by atoms with Crippen molar-refractivity contribution in [1.29, 1.82) is 0 Å². The Bertz CT molecular complexity index is 1040. The average molecular weight is 465 g/mol. The molecule has 1 atom stereocenters. The maximum absolute atomic E-state index is 12.6. The number of hydrogen-bond donors (Lipinski definition) is 1. The van der Waals surface area contributed by atoms with Gasteiger partial charge in [-0.1, -0.05) is 30.3 Å². The highest BCUT2D eigenvalue weighted by Crippen LogP contribution is 2.24. The predicted octanol–water partition coefficient (Wildman–Crippen LogP) is 3.06. The minimum absolute atomic E-state index is 0.0400. The molecule has 0 aromatic heterocycles. The van der Waals surface area contributed by atoms with Crippen LogP contribution in [-0.4, -0.2) is 53.4 Å². The van der Waals surface area contributed by atoms with Gasteiger partial charge in [-0.25, -0.2) is 16.8 Å². The number of nitrogens with two attached hydrogens (primary N) is 1. The van der Waals surface area contributed by atoms with Crippen LogP contribution in [0.3, 0.4) is 0 Å². The molecule has 0 saturated carbocycles. The van der Waals surface area contributed by atoms with E-state index in [2.05, 4.69) is 17.0 Å². The van der Waals surface area contributed by atoms with Crippen molar-refractivity contribution in [3.8, 4) is 0 Å². The fourth-order valence-electron chi connectivity index (χ4n) is 4.02. The first-order valence-electron chi connectivity index (χ1n) is 10.7. The van der Waals surface area contributed by atoms with Crippen molar-refractivity contribution in [3.63, 3.8) is 0 Å². The third-order valence-corrected chi connectivity index (χ3v) is 8.99. The van der Waals surface area contributed by atoms with Gasteiger partial charge in [-0.3, -0.25) is 0 Å². The molecular weight excluding hydrogens is 432 g/mol. The highest BCUT2D eigenvalue weighted by molar-refractivity contribution is 7.91. The second-order valence-electron chi connectivity index (χ2n) is 8.44. The molecular formula is C23H32N2O4S2. The van der Waals surface area contributed by atoms with Gasteiger partial charge in [0.25, 0.3) is 0 Å². The fraction of sp³-hybridized carbons (Fsp3) is 0.478. The van der Waals surface area contributed by atoms with Crippen LogP contribution in [0.1, 0.15) is 37.3 Å². The summed E-state index contributed by atoms with van der Waals surface area (Å²) in [5.41, 5.74) is 7.46. The van der Waals surface area contributed by atoms with Gasteiger partial charge in [0.2, 0.25) is 0 Å². The molecule has 2 aromatic rings. The summed E-state index contributed by atoms with van der Waals surface area (Å²) in [6, 6.07) is 15.7. The number of hydrogen-bond acceptors (Lipinski definition) is 6. The van der Waals surface area contributed by atoms with Gasteiger partial charge >= 0.3 is 0 Å². The summed E-state index contributed by atoms with van der Waals surface area (Å²) < 4.78 is 48.4. The van der Waals surface area contributed by atoms with Crippen molar-refractivity contribution < 1.29 is 16.8 Å². The second-order valence-corrected chi connectivity index (χ2v) is 12.6. The molecule has 0 radical (unpaired) electrons. The second kappa shape index (κ2) is 10.3. The van der Waals surface area contributed by atoms with Crippen LogP contribution in [-0.2, 0) is 19.7 Å². The maximum Gasteiger partial charge on any atom is 0.178 e. The van der Waals surface area contributed by atoms with Crippen molar-refractivity contribution in [2.24, 2.45) is 11.7 Å². The van der Waals surface area contributed by atoms with Crippen LogP contribution in [0.25, 0.3) is 0 Å². The molecule has 1 saturated heterocycles. The van der Waals surface area contributed by atoms with E-state index in [9.17, 15) is 16.8 Å². The van der Waals surface area contributed by atoms with Gasteiger partial charge in [0.1, 0.15) is 0 Å². The van der Waals surface area contributed by atoms with E-state index >= 15 is 0 Å². The van der Waals surface area contributed by atoms with Crippen LogP contribution in [0.15, 0.2) is 64.4 Å². The average Bonchev–Trinajstić information content (AvgIpc) is 2.77. The monoisotopic (exact) mass is 464 g/mol. The Morgan fingerprint density at radius 1 is 0.935 bits per heavy atom. The summed E-state index contributed by atoms with van der Waals surface area (Å²) in [5.74, 6) is 0.485. The van der Waals surface area contributed by atoms with Crippen molar-refractivity contribution in [1.82, 2.24) is 4.90 Å². The number of likely N-dealkylation sites (tertiary alicyclic amines) is 1. The molecule has 2 N–H and O–H groups in total. The molecule has 2 aromatic carbocycles. The Labute approximate surface area is 186 Å². The molecule has 1 aliphatic rings. The molecule has 0 spiro atoms. The van der Waals surface area contributed by atoms with Gasteiger partial charge in [-0.15, -0.1) is 0 Å². The van der Waals surface area contributed by atoms with E-state index in [0.29, 0.717) is 12.3 Å². The Kier molecular flexibility index (Phi) is 7.91. The molecule has 3 rings (SSSR count). The van der Waals surface area contributed by atoms with Gasteiger partial charge in [0.15, 0.2) is 19.7 Å². The molecule has 170 valence electrons. The first-order chi connectivity index (χ1) is 14.6. The van der Waals surface area contributed by atoms with Crippen LogP contribution < -0.4 is 5.73 Å². The molecule has 1 aliphatic heterocycles. The normalized spacial score (nSPS) is 17.5. The number of piperidine rings is 1. The fourth-order valence-corrected chi connectivity index (χ4v) is 6.08. The molecule has 1 fully saturated rings. The number of rotatable bonds is 9. The third-order valence-electron chi connectivity index (χ3n) is 6.10. The zero-order valence-electron chi connectivity index (χ0n) is 18.0. The summed E-state index contributed by atoms with van der Waals surface area (Å²) in [4.78, 5) is 2.73. The molecule has 0 bridgehead atoms. The quantitative estimate of drug-likeness (QED) is 0.613. The first-order valence-corrected chi connectivity index (χ1v) is 14.3. The van der Waals surface area contributed by atoms with E-state index in [0.717, 1.165) is 50.7 Å². The van der Waals surface area contributed by atoms with Gasteiger partial charge in [0.05, 0.1) is 15.5 Å². The van der Waals surface area contributed by atoms with Crippen molar-refractivity contribution in [3.05, 3.63) is 60.2 Å². The summed E-state index contributed by atoms with van der Waals surface area (Å²) >= 11 is 0. The lowest BCUT2D eigenvalue weighted by Gasteiger charge is -2.32. The molecule has 0 aliphatic carbocycles. The van der Waals surface area contributed by atoms with E-state index in [-0.39, 0.29) is 21.6 Å². The van der Waals surface area contributed by atoms with E-state index in [1.165, 1.54) is 24.3 Å². The topological polar surface area (TPSA) is 97.5 Å². The molecule has 31 heavy (non-hydrogen) atoms. The lowest BCUT2D eigenvalue weighted by Crippen LogP contribution is -2.36. The van der Waals surface area contributed by atoms with Crippen LogP contribution in [0.4, 0.5) is 0 Å². The minimum Gasteiger partial charge on any atom is -0.324 e. The van der Waals surface area contributed by atoms with E-state index in [1.54, 1.807) is 0 Å². The van der Waals surface area contributed by atoms with Crippen molar-refractivity contribution in [2.45, 2.75) is 41.5 Å². The summed E-state index contributed by atoms with van der Waals surface area (Å²) in [6.45, 7) is 2.89. The van der Waals surface area contributed by atoms with Crippen LogP contribution in [0, 0.1) is 5.92 Å². The van der Waals surface area contributed by atoms with E-state index < -0.39 is 19.7 Å². The largest absolute Gasteiger partial charge is 0.324 e. The van der Waals surface area contributed by atoms with Gasteiger partial charge < -0.3 is 10.6 Å². The molecule has 1 heterocycles. The zero-order valence-corrected chi connectivity index (χ0v) is 19.6. The smallest absolute Gasteiger partial charge is 0.178 e. The summed E-state index contributed by atoms with van der Waals surface area (Å²) in [7, 11) is -6.75. The first kappa shape index (κ1) is 23.9. The lowest BCUT2D eigenvalue weighted by molar-refractivity contribution is 0.177. The van der Waals surface area contributed by atoms with Crippen LogP contribution in [0.2, 0.25) is 0 Å². The molecule has 6 nitrogen and oxygen atoms in total. The Hall–Kier alpha value is -1.74. The lowest BCUT2D eigenvalue weighted by atomic mass is 9.94. The maximum atomic E-state index is 12.6. The Morgan fingerprint density at radius 2 is 1.52 bits per heavy atom. The van der Waals surface area contributed by atoms with Crippen molar-refractivity contribution in [2.75, 3.05) is 31.6 Å². The highest BCUT2D eigenvalue weighted by Gasteiger charge is 2.23. The molecule has 1 unspecified atom stereocenters. The minimum atomic E-state index is -3.41. The number of benzene rings is 2. The Balaban J connectivity index is 1.43. The SMILES string of the molecule is CS(=O)(=O)c1ccc(S(=O)(=O)CCC2CCN(CCC(N)c3ccccc3)CC2)cc1. The molecule has 0 amide bonds. The van der Waals surface area contributed by atoms with Crippen LogP contribution in [0.5, 0.6) is 0 Å². The summed E-state index contributed by atoms with van der Waals surface area (Å²) in [6.07, 6.45) is 4.63. The summed E-state index contributed by atoms with van der Waals surface area (Å²) in [5, 5.41) is 0. The van der Waals surface area contributed by atoms with Gasteiger partial charge in [-0.05, 0) is 81.1 Å². The van der Waals surface area contributed by atoms with Gasteiger partial charge in [-0.2, -0.15) is 0 Å². The van der Waals surface area contributed by atoms with E-state index in [4.69, 9.17) is 5.73 Å². The zero-order chi connectivity index (χ0) is 22.5. The van der Waals surface area contributed by atoms with Crippen LogP contribution >= 0.6 is 0 Å². The molecule has 8 heteroatoms. The standard InChI is InChI=1S/C23H32N2O4S2/c1-30(26,27)21-7-9-22(10-8-21)31(28,29)18-14-19-11-15-25(16-12-19)17-13-23(24)20-5-3-2-4-6-20/h2-10,19,23H,11-18,24H2,1H3. The highest BCUT2D eigenvalue weighted by atomic mass is 32.2. The predicted molar refractivity (Wildman–Crippen MR) is 123 cm³/mol. The number of sulfone groups is 2. The van der Waals surface area contributed by atoms with Gasteiger partial charge in [0, 0.05) is 12.3 Å². The third kappa shape index (κ3) is 6.87.